The summed E-state index contributed by atoms with van der Waals surface area (Å²) in [6.45, 7) is 8.67. The Morgan fingerprint density at radius 3 is 2.50 bits per heavy atom. The molecule has 1 fully saturated rings. The average molecular weight is 416 g/mol. The Bertz CT molecular complexity index is 869. The van der Waals surface area contributed by atoms with Crippen LogP contribution in [0.5, 0.6) is 17.2 Å². The molecule has 2 aromatic rings. The summed E-state index contributed by atoms with van der Waals surface area (Å²) < 4.78 is 12.7. The number of piperidine rings is 1. The second kappa shape index (κ2) is 9.41. The number of hydrogen-bond acceptors (Lipinski definition) is 5. The van der Waals surface area contributed by atoms with E-state index in [1.54, 1.807) is 32.5 Å². The van der Waals surface area contributed by atoms with Gasteiger partial charge in [0.2, 0.25) is 5.91 Å². The lowest BCUT2D eigenvalue weighted by molar-refractivity contribution is -0.134. The van der Waals surface area contributed by atoms with E-state index in [0.29, 0.717) is 28.9 Å². The molecule has 0 spiro atoms. The van der Waals surface area contributed by atoms with Crippen molar-refractivity contribution in [2.75, 3.05) is 27.3 Å². The fourth-order valence-corrected chi connectivity index (χ4v) is 4.51. The molecule has 2 heterocycles. The number of phenols is 1. The van der Waals surface area contributed by atoms with Crippen LogP contribution >= 0.6 is 0 Å². The highest BCUT2D eigenvalue weighted by molar-refractivity contribution is 5.78. The Morgan fingerprint density at radius 1 is 1.23 bits per heavy atom. The van der Waals surface area contributed by atoms with Crippen molar-refractivity contribution in [3.8, 4) is 17.2 Å². The molecule has 1 N–H and O–H groups in total. The predicted octanol–water partition coefficient (Wildman–Crippen LogP) is 3.65. The number of methoxy groups -OCH3 is 2. The molecule has 0 aliphatic carbocycles. The molecule has 0 saturated carbocycles. The molecular formula is C23H33N3O4. The van der Waals surface area contributed by atoms with Gasteiger partial charge in [-0.25, -0.2) is 0 Å². The van der Waals surface area contributed by atoms with Crippen molar-refractivity contribution in [3.05, 3.63) is 35.7 Å². The van der Waals surface area contributed by atoms with Crippen LogP contribution in [-0.2, 0) is 11.3 Å². The Balaban J connectivity index is 1.99. The van der Waals surface area contributed by atoms with Crippen molar-refractivity contribution in [2.24, 2.45) is 11.8 Å². The van der Waals surface area contributed by atoms with Gasteiger partial charge in [-0.1, -0.05) is 13.8 Å². The van der Waals surface area contributed by atoms with Crippen LogP contribution < -0.4 is 9.47 Å². The molecule has 0 radical (unpaired) electrons. The molecule has 1 aliphatic heterocycles. The molecule has 1 saturated heterocycles. The molecule has 7 heteroatoms. The van der Waals surface area contributed by atoms with E-state index in [-0.39, 0.29) is 24.0 Å². The van der Waals surface area contributed by atoms with Gasteiger partial charge in [0.25, 0.3) is 0 Å². The second-order valence-electron chi connectivity index (χ2n) is 8.39. The molecule has 3 atom stereocenters. The van der Waals surface area contributed by atoms with Crippen LogP contribution in [0.4, 0.5) is 0 Å². The van der Waals surface area contributed by atoms with E-state index >= 15 is 0 Å². The van der Waals surface area contributed by atoms with Crippen molar-refractivity contribution in [3.63, 3.8) is 0 Å². The smallest absolute Gasteiger partial charge is 0.223 e. The van der Waals surface area contributed by atoms with Gasteiger partial charge in [-0.2, -0.15) is 5.10 Å². The molecule has 3 rings (SSSR count). The molecule has 30 heavy (non-hydrogen) atoms. The zero-order valence-electron chi connectivity index (χ0n) is 18.6. The van der Waals surface area contributed by atoms with Gasteiger partial charge >= 0.3 is 0 Å². The predicted molar refractivity (Wildman–Crippen MR) is 115 cm³/mol. The lowest BCUT2D eigenvalue weighted by Crippen LogP contribution is -2.43. The molecule has 3 unspecified atom stereocenters. The minimum atomic E-state index is -0.369. The van der Waals surface area contributed by atoms with Gasteiger partial charge in [0, 0.05) is 55.9 Å². The van der Waals surface area contributed by atoms with Crippen LogP contribution in [0.25, 0.3) is 0 Å². The van der Waals surface area contributed by atoms with Gasteiger partial charge in [-0.15, -0.1) is 0 Å². The van der Waals surface area contributed by atoms with Crippen molar-refractivity contribution >= 4 is 5.91 Å². The topological polar surface area (TPSA) is 76.8 Å². The highest BCUT2D eigenvalue weighted by Crippen LogP contribution is 2.43. The Kier molecular flexibility index (Phi) is 6.90. The summed E-state index contributed by atoms with van der Waals surface area (Å²) in [6, 6.07) is 3.30. The summed E-state index contributed by atoms with van der Waals surface area (Å²) >= 11 is 0. The maximum atomic E-state index is 13.3. The van der Waals surface area contributed by atoms with Crippen LogP contribution in [-0.4, -0.2) is 53.0 Å². The molecule has 1 aliphatic rings. The van der Waals surface area contributed by atoms with Gasteiger partial charge in [0.15, 0.2) is 0 Å². The van der Waals surface area contributed by atoms with E-state index in [9.17, 15) is 9.90 Å². The number of ether oxygens (including phenoxy) is 2. The van der Waals surface area contributed by atoms with E-state index in [1.165, 1.54) is 0 Å². The van der Waals surface area contributed by atoms with Crippen LogP contribution in [0.1, 0.15) is 50.7 Å². The van der Waals surface area contributed by atoms with Crippen molar-refractivity contribution in [2.45, 2.75) is 46.1 Å². The van der Waals surface area contributed by atoms with Crippen LogP contribution in [0.3, 0.4) is 0 Å². The largest absolute Gasteiger partial charge is 0.507 e. The van der Waals surface area contributed by atoms with E-state index < -0.39 is 0 Å². The molecule has 164 valence electrons. The number of rotatable bonds is 7. The zero-order chi connectivity index (χ0) is 21.8. The fourth-order valence-electron chi connectivity index (χ4n) is 4.51. The van der Waals surface area contributed by atoms with E-state index in [2.05, 4.69) is 18.9 Å². The van der Waals surface area contributed by atoms with Crippen LogP contribution in [0, 0.1) is 11.8 Å². The summed E-state index contributed by atoms with van der Waals surface area (Å²) in [4.78, 5) is 15.3. The van der Waals surface area contributed by atoms with Crippen molar-refractivity contribution in [1.82, 2.24) is 14.7 Å². The summed E-state index contributed by atoms with van der Waals surface area (Å²) in [5.41, 5.74) is 1.46. The molecule has 1 aromatic heterocycles. The van der Waals surface area contributed by atoms with E-state index in [0.717, 1.165) is 31.6 Å². The summed E-state index contributed by atoms with van der Waals surface area (Å²) in [5, 5.41) is 15.2. The first-order chi connectivity index (χ1) is 14.4. The van der Waals surface area contributed by atoms with Crippen LogP contribution in [0.2, 0.25) is 0 Å². The van der Waals surface area contributed by atoms with E-state index in [1.807, 2.05) is 22.7 Å². The normalized spacial score (nSPS) is 20.1. The van der Waals surface area contributed by atoms with Crippen LogP contribution in [0.15, 0.2) is 24.5 Å². The van der Waals surface area contributed by atoms with Gasteiger partial charge in [-0.3, -0.25) is 9.48 Å². The third-order valence-electron chi connectivity index (χ3n) is 5.88. The van der Waals surface area contributed by atoms with Crippen molar-refractivity contribution < 1.29 is 19.4 Å². The first kappa shape index (κ1) is 22.0. The van der Waals surface area contributed by atoms with E-state index in [4.69, 9.17) is 9.47 Å². The maximum absolute atomic E-state index is 13.3. The summed E-state index contributed by atoms with van der Waals surface area (Å²) in [6.07, 6.45) is 5.09. The first-order valence-corrected chi connectivity index (χ1v) is 10.6. The number of likely N-dealkylation sites (tertiary alicyclic amines) is 1. The van der Waals surface area contributed by atoms with Gasteiger partial charge in [0.05, 0.1) is 20.4 Å². The van der Waals surface area contributed by atoms with Crippen molar-refractivity contribution in [1.29, 1.82) is 0 Å². The lowest BCUT2D eigenvalue weighted by Gasteiger charge is -2.36. The molecule has 1 amide bonds. The standard InChI is InChI=1S/C23H33N3O4/c1-6-26-14-17(11-24-26)19(10-22(28)25-12-15(2)7-16(3)13-25)23-20(27)8-18(29-4)9-21(23)30-5/h8-9,11,14-16,19,27H,6-7,10,12-13H2,1-5H3. The minimum absolute atomic E-state index is 0.0497. The molecule has 7 nitrogen and oxygen atoms in total. The maximum Gasteiger partial charge on any atom is 0.223 e. The Morgan fingerprint density at radius 2 is 1.93 bits per heavy atom. The second-order valence-corrected chi connectivity index (χ2v) is 8.39. The van der Waals surface area contributed by atoms with Gasteiger partial charge < -0.3 is 19.5 Å². The fraction of sp³-hybridized carbons (Fsp3) is 0.565. The monoisotopic (exact) mass is 415 g/mol. The molecular weight excluding hydrogens is 382 g/mol. The Labute approximate surface area is 178 Å². The first-order valence-electron chi connectivity index (χ1n) is 10.6. The quantitative estimate of drug-likeness (QED) is 0.747. The SMILES string of the molecule is CCn1cc(C(CC(=O)N2CC(C)CC(C)C2)c2c(O)cc(OC)cc2OC)cn1. The summed E-state index contributed by atoms with van der Waals surface area (Å²) in [5.74, 6) is 1.74. The Hall–Kier alpha value is -2.70. The average Bonchev–Trinajstić information content (AvgIpc) is 3.20. The third-order valence-corrected chi connectivity index (χ3v) is 5.88. The number of aromatic nitrogens is 2. The number of phenolic OH excluding ortho intramolecular Hbond substituents is 1. The number of nitrogens with zero attached hydrogens (tertiary/aromatic N) is 3. The minimum Gasteiger partial charge on any atom is -0.507 e. The summed E-state index contributed by atoms with van der Waals surface area (Å²) in [7, 11) is 3.10. The number of carbonyl (C=O) groups excluding carboxylic acids is 1. The highest BCUT2D eigenvalue weighted by Gasteiger charge is 2.31. The van der Waals surface area contributed by atoms with Gasteiger partial charge in [0.1, 0.15) is 17.2 Å². The number of aryl methyl sites for hydroxylation is 1. The molecule has 0 bridgehead atoms. The lowest BCUT2D eigenvalue weighted by atomic mass is 9.87. The zero-order valence-corrected chi connectivity index (χ0v) is 18.6. The molecule has 1 aromatic carbocycles. The highest BCUT2D eigenvalue weighted by atomic mass is 16.5. The third kappa shape index (κ3) is 4.71. The number of benzene rings is 1. The number of aromatic hydroxyl groups is 1. The number of carbonyl (C=O) groups is 1. The number of amides is 1. The number of hydrogen-bond donors (Lipinski definition) is 1. The van der Waals surface area contributed by atoms with Gasteiger partial charge in [-0.05, 0) is 30.7 Å².